The Labute approximate surface area is 113 Å². The van der Waals surface area contributed by atoms with Gasteiger partial charge in [-0.2, -0.15) is 10.4 Å². The number of carboxylic acid groups (broad SMARTS) is 1. The number of aryl methyl sites for hydroxylation is 1. The maximum absolute atomic E-state index is 11.1. The first-order chi connectivity index (χ1) is 8.88. The molecule has 8 heteroatoms. The standard InChI is InChI=1S/C11H10ClN5O2/c1-5-2-3-6(12)8(11(18)19)9(5)17-16-7(4-13)10(14)15/h2-3,17H,1H3,(H3,14,15)(H,18,19)/b16-7+. The van der Waals surface area contributed by atoms with Crippen LogP contribution >= 0.6 is 11.6 Å². The van der Waals surface area contributed by atoms with Gasteiger partial charge in [-0.15, -0.1) is 0 Å². The molecule has 1 aromatic rings. The first-order valence-corrected chi connectivity index (χ1v) is 5.36. The van der Waals surface area contributed by atoms with E-state index >= 15 is 0 Å². The normalized spacial score (nSPS) is 10.7. The van der Waals surface area contributed by atoms with Gasteiger partial charge in [0.25, 0.3) is 0 Å². The van der Waals surface area contributed by atoms with Crippen LogP contribution in [0.15, 0.2) is 17.2 Å². The van der Waals surface area contributed by atoms with Crippen LogP contribution in [-0.4, -0.2) is 22.6 Å². The van der Waals surface area contributed by atoms with Gasteiger partial charge in [-0.25, -0.2) is 4.79 Å². The van der Waals surface area contributed by atoms with E-state index in [0.29, 0.717) is 5.56 Å². The van der Waals surface area contributed by atoms with E-state index in [1.54, 1.807) is 19.1 Å². The summed E-state index contributed by atoms with van der Waals surface area (Å²) >= 11 is 5.81. The van der Waals surface area contributed by atoms with Crippen LogP contribution in [-0.2, 0) is 0 Å². The number of hydrogen-bond donors (Lipinski definition) is 4. The molecule has 0 fully saturated rings. The molecule has 7 nitrogen and oxygen atoms in total. The van der Waals surface area contributed by atoms with Gasteiger partial charge in [0.05, 0.1) is 10.7 Å². The molecule has 0 heterocycles. The Balaban J connectivity index is 3.29. The summed E-state index contributed by atoms with van der Waals surface area (Å²) < 4.78 is 0. The van der Waals surface area contributed by atoms with E-state index in [2.05, 4.69) is 10.5 Å². The minimum atomic E-state index is -1.23. The number of aromatic carboxylic acids is 1. The summed E-state index contributed by atoms with van der Waals surface area (Å²) in [6, 6.07) is 4.67. The Kier molecular flexibility index (Phi) is 4.45. The molecule has 5 N–H and O–H groups in total. The average molecular weight is 280 g/mol. The summed E-state index contributed by atoms with van der Waals surface area (Å²) in [5.74, 6) is -1.75. The fraction of sp³-hybridized carbons (Fsp3) is 0.0909. The van der Waals surface area contributed by atoms with Crippen molar-refractivity contribution in [2.45, 2.75) is 6.92 Å². The number of benzene rings is 1. The SMILES string of the molecule is Cc1ccc(Cl)c(C(=O)O)c1N/N=C(\C#N)C(=N)N. The molecule has 0 saturated heterocycles. The second-order valence-corrected chi connectivity index (χ2v) is 3.92. The summed E-state index contributed by atoms with van der Waals surface area (Å²) in [5.41, 5.74) is 7.75. The number of hydrogen-bond acceptors (Lipinski definition) is 5. The zero-order valence-corrected chi connectivity index (χ0v) is 10.6. The number of nitrogens with two attached hydrogens (primary N) is 1. The molecule has 1 aromatic carbocycles. The quantitative estimate of drug-likeness (QED) is 0.377. The monoisotopic (exact) mass is 279 g/mol. The number of anilines is 1. The van der Waals surface area contributed by atoms with Gasteiger partial charge in [0.2, 0.25) is 5.71 Å². The smallest absolute Gasteiger partial charge is 0.339 e. The molecular formula is C11H10ClN5O2. The molecule has 0 bridgehead atoms. The zero-order chi connectivity index (χ0) is 14.6. The van der Waals surface area contributed by atoms with Crippen molar-refractivity contribution in [1.29, 1.82) is 10.7 Å². The number of hydrazone groups is 1. The van der Waals surface area contributed by atoms with E-state index in [0.717, 1.165) is 0 Å². The van der Waals surface area contributed by atoms with Crippen molar-refractivity contribution in [3.05, 3.63) is 28.3 Å². The molecule has 0 atom stereocenters. The first-order valence-electron chi connectivity index (χ1n) is 4.99. The second-order valence-electron chi connectivity index (χ2n) is 3.52. The summed E-state index contributed by atoms with van der Waals surface area (Å²) in [5, 5.41) is 28.5. The van der Waals surface area contributed by atoms with Gasteiger partial charge >= 0.3 is 5.97 Å². The third-order valence-electron chi connectivity index (χ3n) is 2.22. The van der Waals surface area contributed by atoms with Crippen LogP contribution in [0.3, 0.4) is 0 Å². The lowest BCUT2D eigenvalue weighted by atomic mass is 10.1. The number of nitrogens with zero attached hydrogens (tertiary/aromatic N) is 2. The Morgan fingerprint density at radius 1 is 1.63 bits per heavy atom. The number of carbonyl (C=O) groups is 1. The number of carboxylic acids is 1. The van der Waals surface area contributed by atoms with Crippen molar-refractivity contribution in [2.75, 3.05) is 5.43 Å². The lowest BCUT2D eigenvalue weighted by Gasteiger charge is -2.10. The van der Waals surface area contributed by atoms with Gasteiger partial charge in [0, 0.05) is 0 Å². The highest BCUT2D eigenvalue weighted by Crippen LogP contribution is 2.28. The molecular weight excluding hydrogens is 270 g/mol. The number of halogens is 1. The van der Waals surface area contributed by atoms with Gasteiger partial charge in [-0.1, -0.05) is 17.7 Å². The van der Waals surface area contributed by atoms with Crippen molar-refractivity contribution < 1.29 is 9.90 Å². The van der Waals surface area contributed by atoms with E-state index in [-0.39, 0.29) is 22.0 Å². The molecule has 0 radical (unpaired) electrons. The van der Waals surface area contributed by atoms with Crippen LogP contribution in [0.25, 0.3) is 0 Å². The predicted octanol–water partition coefficient (Wildman–Crippen LogP) is 1.57. The van der Waals surface area contributed by atoms with Crippen molar-refractivity contribution in [2.24, 2.45) is 10.8 Å². The third kappa shape index (κ3) is 3.20. The lowest BCUT2D eigenvalue weighted by molar-refractivity contribution is 0.0698. The molecule has 0 unspecified atom stereocenters. The Morgan fingerprint density at radius 2 is 2.26 bits per heavy atom. The van der Waals surface area contributed by atoms with Gasteiger partial charge in [0.15, 0.2) is 5.84 Å². The average Bonchev–Trinajstić information content (AvgIpc) is 2.33. The highest BCUT2D eigenvalue weighted by molar-refractivity contribution is 6.45. The Morgan fingerprint density at radius 3 is 2.74 bits per heavy atom. The van der Waals surface area contributed by atoms with Crippen LogP contribution in [0.2, 0.25) is 5.02 Å². The third-order valence-corrected chi connectivity index (χ3v) is 2.53. The maximum Gasteiger partial charge on any atom is 0.339 e. The van der Waals surface area contributed by atoms with Crippen LogP contribution in [0.4, 0.5) is 5.69 Å². The minimum Gasteiger partial charge on any atom is -0.478 e. The fourth-order valence-electron chi connectivity index (χ4n) is 1.29. The van der Waals surface area contributed by atoms with Crippen LogP contribution in [0.5, 0.6) is 0 Å². The highest BCUT2D eigenvalue weighted by Gasteiger charge is 2.17. The second kappa shape index (κ2) is 5.84. The molecule has 0 saturated carbocycles. The molecule has 0 aliphatic carbocycles. The van der Waals surface area contributed by atoms with Gasteiger partial charge in [-0.05, 0) is 18.6 Å². The zero-order valence-electron chi connectivity index (χ0n) is 9.86. The number of nitrogens with one attached hydrogen (secondary N) is 2. The van der Waals surface area contributed by atoms with Crippen molar-refractivity contribution >= 4 is 34.8 Å². The Hall–Kier alpha value is -2.59. The largest absolute Gasteiger partial charge is 0.478 e. The van der Waals surface area contributed by atoms with Gasteiger partial charge in [0.1, 0.15) is 11.6 Å². The molecule has 19 heavy (non-hydrogen) atoms. The number of nitriles is 1. The van der Waals surface area contributed by atoms with E-state index in [1.165, 1.54) is 6.07 Å². The van der Waals surface area contributed by atoms with E-state index in [4.69, 9.17) is 33.1 Å². The summed E-state index contributed by atoms with van der Waals surface area (Å²) in [6.07, 6.45) is 0. The van der Waals surface area contributed by atoms with E-state index in [1.807, 2.05) is 0 Å². The summed E-state index contributed by atoms with van der Waals surface area (Å²) in [7, 11) is 0. The number of amidine groups is 1. The van der Waals surface area contributed by atoms with Crippen molar-refractivity contribution in [3.8, 4) is 6.07 Å². The molecule has 0 aliphatic rings. The summed E-state index contributed by atoms with van der Waals surface area (Å²) in [6.45, 7) is 1.65. The predicted molar refractivity (Wildman–Crippen MR) is 71.7 cm³/mol. The van der Waals surface area contributed by atoms with Gasteiger partial charge in [-0.3, -0.25) is 10.8 Å². The van der Waals surface area contributed by atoms with E-state index < -0.39 is 11.8 Å². The summed E-state index contributed by atoms with van der Waals surface area (Å²) in [4.78, 5) is 11.1. The molecule has 1 rings (SSSR count). The number of rotatable bonds is 4. The van der Waals surface area contributed by atoms with Crippen LogP contribution in [0, 0.1) is 23.7 Å². The molecule has 0 amide bonds. The van der Waals surface area contributed by atoms with Crippen LogP contribution < -0.4 is 11.2 Å². The van der Waals surface area contributed by atoms with Gasteiger partial charge < -0.3 is 10.8 Å². The molecule has 0 aliphatic heterocycles. The lowest BCUT2D eigenvalue weighted by Crippen LogP contribution is -2.22. The molecule has 0 aromatic heterocycles. The fourth-order valence-corrected chi connectivity index (χ4v) is 1.53. The molecule has 0 spiro atoms. The van der Waals surface area contributed by atoms with Crippen molar-refractivity contribution in [1.82, 2.24) is 0 Å². The topological polar surface area (TPSA) is 135 Å². The Bertz CT molecular complexity index is 618. The highest BCUT2D eigenvalue weighted by atomic mass is 35.5. The van der Waals surface area contributed by atoms with E-state index in [9.17, 15) is 4.79 Å². The van der Waals surface area contributed by atoms with Crippen molar-refractivity contribution in [3.63, 3.8) is 0 Å². The molecule has 98 valence electrons. The first kappa shape index (κ1) is 14.5. The van der Waals surface area contributed by atoms with Crippen LogP contribution in [0.1, 0.15) is 15.9 Å². The maximum atomic E-state index is 11.1. The minimum absolute atomic E-state index is 0.0390.